The number of ether oxygens (including phenoxy) is 1. The quantitative estimate of drug-likeness (QED) is 0.297. The Kier molecular flexibility index (Phi) is 7.25. The average Bonchev–Trinajstić information content (AvgIpc) is 2.86. The number of pyridine rings is 1. The highest BCUT2D eigenvalue weighted by atomic mass is 19.1. The molecule has 8 heteroatoms. The van der Waals surface area contributed by atoms with Crippen LogP contribution in [0.3, 0.4) is 0 Å². The van der Waals surface area contributed by atoms with Gasteiger partial charge in [-0.1, -0.05) is 30.3 Å². The smallest absolute Gasteiger partial charge is 0.274 e. The van der Waals surface area contributed by atoms with Crippen molar-refractivity contribution in [3.8, 4) is 17.3 Å². The van der Waals surface area contributed by atoms with Crippen molar-refractivity contribution >= 4 is 16.6 Å². The maximum Gasteiger partial charge on any atom is 0.274 e. The second-order valence-corrected chi connectivity index (χ2v) is 7.68. The molecule has 0 amide bonds. The Balaban J connectivity index is 1.68. The lowest BCUT2D eigenvalue weighted by atomic mass is 10.1. The van der Waals surface area contributed by atoms with Crippen LogP contribution in [0.4, 0.5) is 10.2 Å². The molecule has 0 saturated carbocycles. The van der Waals surface area contributed by atoms with Gasteiger partial charge in [0.1, 0.15) is 11.5 Å². The van der Waals surface area contributed by atoms with E-state index in [1.807, 2.05) is 6.92 Å². The van der Waals surface area contributed by atoms with E-state index < -0.39 is 5.95 Å². The molecule has 4 rings (SSSR count). The first-order valence-corrected chi connectivity index (χ1v) is 11.1. The van der Waals surface area contributed by atoms with Gasteiger partial charge in [-0.25, -0.2) is 9.67 Å². The zero-order valence-corrected chi connectivity index (χ0v) is 18.8. The van der Waals surface area contributed by atoms with E-state index in [1.165, 1.54) is 4.68 Å². The Morgan fingerprint density at radius 3 is 2.56 bits per heavy atom. The SMILES string of the molecule is CCOCCCNc1ccc(-c2nn(Cc3ccc(C#N)cc3)c(=O)c3ccccc23)c(F)n1. The van der Waals surface area contributed by atoms with E-state index in [0.717, 1.165) is 12.0 Å². The van der Waals surface area contributed by atoms with E-state index in [4.69, 9.17) is 10.00 Å². The summed E-state index contributed by atoms with van der Waals surface area (Å²) < 4.78 is 21.7. The van der Waals surface area contributed by atoms with Crippen molar-refractivity contribution in [2.75, 3.05) is 25.1 Å². The fourth-order valence-corrected chi connectivity index (χ4v) is 3.64. The predicted octanol–water partition coefficient (Wildman–Crippen LogP) is 4.36. The van der Waals surface area contributed by atoms with Gasteiger partial charge in [0.15, 0.2) is 0 Å². The number of benzene rings is 2. The first-order chi connectivity index (χ1) is 16.6. The van der Waals surface area contributed by atoms with E-state index in [9.17, 15) is 4.79 Å². The van der Waals surface area contributed by atoms with Crippen molar-refractivity contribution in [1.29, 1.82) is 5.26 Å². The third-order valence-corrected chi connectivity index (χ3v) is 5.36. The maximum absolute atomic E-state index is 15.1. The molecular formula is C26H24FN5O2. The van der Waals surface area contributed by atoms with Crippen molar-refractivity contribution in [2.45, 2.75) is 19.9 Å². The van der Waals surface area contributed by atoms with Crippen LogP contribution < -0.4 is 10.9 Å². The van der Waals surface area contributed by atoms with Crippen LogP contribution in [0.2, 0.25) is 0 Å². The van der Waals surface area contributed by atoms with Gasteiger partial charge in [0.05, 0.1) is 29.1 Å². The van der Waals surface area contributed by atoms with Gasteiger partial charge in [-0.3, -0.25) is 4.79 Å². The van der Waals surface area contributed by atoms with Crippen LogP contribution in [0.25, 0.3) is 22.0 Å². The molecule has 2 aromatic carbocycles. The predicted molar refractivity (Wildman–Crippen MR) is 129 cm³/mol. The molecule has 0 spiro atoms. The van der Waals surface area contributed by atoms with Gasteiger partial charge in [-0.2, -0.15) is 14.8 Å². The molecule has 0 unspecified atom stereocenters. The number of fused-ring (bicyclic) bond motifs is 1. The van der Waals surface area contributed by atoms with Gasteiger partial charge >= 0.3 is 0 Å². The molecule has 0 fully saturated rings. The summed E-state index contributed by atoms with van der Waals surface area (Å²) >= 11 is 0. The number of halogens is 1. The number of nitriles is 1. The van der Waals surface area contributed by atoms with Gasteiger partial charge in [0.25, 0.3) is 5.56 Å². The Morgan fingerprint density at radius 1 is 1.09 bits per heavy atom. The van der Waals surface area contributed by atoms with Gasteiger partial charge in [-0.15, -0.1) is 0 Å². The molecule has 0 bridgehead atoms. The fraction of sp³-hybridized carbons (Fsp3) is 0.231. The zero-order chi connectivity index (χ0) is 23.9. The molecule has 1 N–H and O–H groups in total. The first kappa shape index (κ1) is 23.1. The summed E-state index contributed by atoms with van der Waals surface area (Å²) in [5, 5.41) is 17.6. The Morgan fingerprint density at radius 2 is 1.85 bits per heavy atom. The minimum Gasteiger partial charge on any atom is -0.382 e. The lowest BCUT2D eigenvalue weighted by molar-refractivity contribution is 0.147. The van der Waals surface area contributed by atoms with Gasteiger partial charge in [0, 0.05) is 25.1 Å². The number of nitrogens with zero attached hydrogens (tertiary/aromatic N) is 4. The van der Waals surface area contributed by atoms with Crippen LogP contribution in [0.1, 0.15) is 24.5 Å². The van der Waals surface area contributed by atoms with Gasteiger partial charge < -0.3 is 10.1 Å². The number of aromatic nitrogens is 3. The summed E-state index contributed by atoms with van der Waals surface area (Å²) in [5.41, 5.74) is 1.62. The molecule has 172 valence electrons. The van der Waals surface area contributed by atoms with E-state index in [1.54, 1.807) is 60.7 Å². The first-order valence-electron chi connectivity index (χ1n) is 11.1. The summed E-state index contributed by atoms with van der Waals surface area (Å²) in [4.78, 5) is 17.1. The molecule has 2 heterocycles. The Bertz CT molecular complexity index is 1390. The summed E-state index contributed by atoms with van der Waals surface area (Å²) in [6.45, 7) is 4.03. The molecule has 0 aliphatic rings. The summed E-state index contributed by atoms with van der Waals surface area (Å²) in [5.74, 6) is -0.246. The van der Waals surface area contributed by atoms with Gasteiger partial charge in [-0.05, 0) is 49.2 Å². The minimum atomic E-state index is -0.670. The summed E-state index contributed by atoms with van der Waals surface area (Å²) in [6.07, 6.45) is 0.783. The molecule has 7 nitrogen and oxygen atoms in total. The van der Waals surface area contributed by atoms with Crippen molar-refractivity contribution in [2.24, 2.45) is 0 Å². The average molecular weight is 458 g/mol. The van der Waals surface area contributed by atoms with Crippen molar-refractivity contribution < 1.29 is 9.13 Å². The Hall–Kier alpha value is -4.09. The van der Waals surface area contributed by atoms with Crippen LogP contribution in [0.15, 0.2) is 65.5 Å². The molecular weight excluding hydrogens is 433 g/mol. The molecule has 2 aromatic heterocycles. The van der Waals surface area contributed by atoms with Crippen molar-refractivity contribution in [3.05, 3.63) is 88.1 Å². The normalized spacial score (nSPS) is 10.9. The van der Waals surface area contributed by atoms with Crippen LogP contribution in [-0.4, -0.2) is 34.5 Å². The van der Waals surface area contributed by atoms with Crippen LogP contribution >= 0.6 is 0 Å². The van der Waals surface area contributed by atoms with Crippen molar-refractivity contribution in [1.82, 2.24) is 14.8 Å². The van der Waals surface area contributed by atoms with Gasteiger partial charge in [0.2, 0.25) is 5.95 Å². The summed E-state index contributed by atoms with van der Waals surface area (Å²) in [7, 11) is 0. The standard InChI is InChI=1S/C26H24FN5O2/c1-2-34-15-5-14-29-23-13-12-22(25(27)30-23)24-20-6-3-4-7-21(20)26(33)32(31-24)17-19-10-8-18(16-28)9-11-19/h3-4,6-13H,2,5,14-15,17H2,1H3,(H,29,30). The van der Waals surface area contributed by atoms with Crippen LogP contribution in [0, 0.1) is 17.3 Å². The highest BCUT2D eigenvalue weighted by molar-refractivity contribution is 5.93. The molecule has 0 aliphatic heterocycles. The second kappa shape index (κ2) is 10.7. The molecule has 34 heavy (non-hydrogen) atoms. The third kappa shape index (κ3) is 5.11. The zero-order valence-electron chi connectivity index (χ0n) is 18.8. The monoisotopic (exact) mass is 457 g/mol. The number of rotatable bonds is 9. The lowest BCUT2D eigenvalue weighted by Crippen LogP contribution is -2.24. The molecule has 4 aromatic rings. The number of anilines is 1. The molecule has 0 saturated heterocycles. The Labute approximate surface area is 196 Å². The molecule has 0 atom stereocenters. The second-order valence-electron chi connectivity index (χ2n) is 7.68. The number of hydrogen-bond acceptors (Lipinski definition) is 6. The van der Waals surface area contributed by atoms with Crippen molar-refractivity contribution in [3.63, 3.8) is 0 Å². The maximum atomic E-state index is 15.1. The number of nitrogens with one attached hydrogen (secondary N) is 1. The fourth-order valence-electron chi connectivity index (χ4n) is 3.64. The third-order valence-electron chi connectivity index (χ3n) is 5.36. The van der Waals surface area contributed by atoms with E-state index in [2.05, 4.69) is 21.5 Å². The van der Waals surface area contributed by atoms with E-state index in [0.29, 0.717) is 47.6 Å². The largest absolute Gasteiger partial charge is 0.382 e. The van der Waals surface area contributed by atoms with Crippen LogP contribution in [-0.2, 0) is 11.3 Å². The van der Waals surface area contributed by atoms with E-state index >= 15 is 4.39 Å². The van der Waals surface area contributed by atoms with E-state index in [-0.39, 0.29) is 17.7 Å². The summed E-state index contributed by atoms with van der Waals surface area (Å²) in [6, 6.07) is 19.3. The minimum absolute atomic E-state index is 0.191. The number of hydrogen-bond donors (Lipinski definition) is 1. The lowest BCUT2D eigenvalue weighted by Gasteiger charge is -2.13. The topological polar surface area (TPSA) is 92.8 Å². The highest BCUT2D eigenvalue weighted by Crippen LogP contribution is 2.27. The highest BCUT2D eigenvalue weighted by Gasteiger charge is 2.17. The van der Waals surface area contributed by atoms with Crippen LogP contribution in [0.5, 0.6) is 0 Å². The molecule has 0 aliphatic carbocycles. The molecule has 0 radical (unpaired) electrons.